The van der Waals surface area contributed by atoms with Gasteiger partial charge in [0, 0.05) is 30.0 Å². The topological polar surface area (TPSA) is 399 Å². The van der Waals surface area contributed by atoms with Gasteiger partial charge in [0.1, 0.15) is 59.0 Å². The summed E-state index contributed by atoms with van der Waals surface area (Å²) < 4.78 is 58.1. The van der Waals surface area contributed by atoms with Crippen LogP contribution < -0.4 is 44.4 Å². The Morgan fingerprint density at radius 3 is 1.39 bits per heavy atom. The van der Waals surface area contributed by atoms with Crippen LogP contribution in [0, 0.1) is 19.7 Å². The molecule has 2 heterocycles. The van der Waals surface area contributed by atoms with E-state index in [1.54, 1.807) is 48.5 Å². The molecule has 12 aromatic rings. The largest absolute Gasteiger partial charge is 0.508 e. The molecule has 0 fully saturated rings. The van der Waals surface area contributed by atoms with Gasteiger partial charge >= 0.3 is 47.1 Å². The number of carboxylic acids is 1. The highest BCUT2D eigenvalue weighted by atomic mass is 16.7. The second-order valence-corrected chi connectivity index (χ2v) is 21.2. The number of hydrogen-bond donors (Lipinski definition) is 8. The number of phenols is 7. The molecule has 0 bridgehead atoms. The molecule has 0 saturated heterocycles. The molecule has 12 rings (SSSR count). The van der Waals surface area contributed by atoms with Gasteiger partial charge in [0.15, 0.2) is 41.3 Å². The summed E-state index contributed by atoms with van der Waals surface area (Å²) in [7, 11) is 1.49. The van der Waals surface area contributed by atoms with Crippen molar-refractivity contribution >= 4 is 57.8 Å². The third kappa shape index (κ3) is 21.3. The number of phenolic OH excluding ortho intramolecular Hbond substituents is 7. The summed E-state index contributed by atoms with van der Waals surface area (Å²) in [6.45, 7) is 2.23. The van der Waals surface area contributed by atoms with Crippen molar-refractivity contribution in [2.75, 3.05) is 13.9 Å². The van der Waals surface area contributed by atoms with E-state index < -0.39 is 69.7 Å². The molecule has 534 valence electrons. The Kier molecular flexibility index (Phi) is 26.6. The lowest BCUT2D eigenvalue weighted by Gasteiger charge is -2.15. The number of hydrogen-bond acceptors (Lipinski definition) is 25. The second-order valence-electron chi connectivity index (χ2n) is 21.2. The third-order valence-corrected chi connectivity index (χ3v) is 13.8. The van der Waals surface area contributed by atoms with Crippen LogP contribution in [0.5, 0.6) is 80.5 Å². The maximum Gasteiger partial charge on any atom is 0.351 e. The molecule has 2 aromatic heterocycles. The number of ether oxygens (including phenoxy) is 8. The van der Waals surface area contributed by atoms with Gasteiger partial charge in [0.25, 0.3) is 0 Å². The molecule has 0 aliphatic rings. The average Bonchev–Trinajstić information content (AvgIpc) is 0.814. The first-order valence-corrected chi connectivity index (χ1v) is 30.2. The van der Waals surface area contributed by atoms with Gasteiger partial charge in [-0.15, -0.1) is 12.8 Å². The highest BCUT2D eigenvalue weighted by molar-refractivity contribution is 5.98. The zero-order chi connectivity index (χ0) is 75.7. The van der Waals surface area contributed by atoms with Crippen molar-refractivity contribution in [1.29, 1.82) is 0 Å². The maximum atomic E-state index is 13.0. The van der Waals surface area contributed by atoms with Crippen molar-refractivity contribution in [1.82, 2.24) is 0 Å². The van der Waals surface area contributed by atoms with Gasteiger partial charge in [0.2, 0.25) is 17.2 Å². The molecule has 0 amide bonds. The molecule has 10 aromatic carbocycles. The number of esters is 5. The number of carboxylic acid groups (broad SMARTS) is 1. The van der Waals surface area contributed by atoms with Gasteiger partial charge in [-0.25, -0.2) is 38.4 Å². The molecular formula is C79H62O26. The summed E-state index contributed by atoms with van der Waals surface area (Å²) in [6.07, 6.45) is 5.76. The van der Waals surface area contributed by atoms with Gasteiger partial charge in [-0.3, -0.25) is 0 Å². The molecule has 105 heavy (non-hydrogen) atoms. The van der Waals surface area contributed by atoms with E-state index in [1.807, 2.05) is 43.3 Å². The zero-order valence-corrected chi connectivity index (χ0v) is 54.4. The molecule has 0 radical (unpaired) electrons. The minimum absolute atomic E-state index is 0. The van der Waals surface area contributed by atoms with Crippen LogP contribution >= 0.6 is 0 Å². The van der Waals surface area contributed by atoms with Crippen LogP contribution in [-0.4, -0.2) is 90.6 Å². The predicted octanol–water partition coefficient (Wildman–Crippen LogP) is 13.4. The van der Waals surface area contributed by atoms with Crippen molar-refractivity contribution in [2.45, 2.75) is 21.0 Å². The average molecular weight is 1430 g/mol. The van der Waals surface area contributed by atoms with Crippen molar-refractivity contribution in [3.63, 3.8) is 0 Å². The number of para-hydroxylation sites is 3. The number of aromatic carboxylic acids is 1. The van der Waals surface area contributed by atoms with Crippen LogP contribution in [0.3, 0.4) is 0 Å². The SMILES string of the molecule is C.COCOc1cccc(C(=O)Oc2cccc(O)c2OC(=O)c2cccc(C)c2)c1.O=C(O)c1cc2ccc(O)cc2oc1=O.O=C(Oc1cccc(OC(=O)c2cc3ccc(O)cc3oc2=O)c1OC(=O)c1cccc(O)c1)c1cccc(O)c1.Oc1cccc(OCc2ccccc2)c1O.[2H]C#C. The first-order chi connectivity index (χ1) is 50.4. The minimum Gasteiger partial charge on any atom is -0.508 e. The Labute approximate surface area is 597 Å². The molecule has 26 nitrogen and oxygen atoms in total. The fourth-order valence-electron chi connectivity index (χ4n) is 8.95. The van der Waals surface area contributed by atoms with Gasteiger partial charge in [0.05, 0.1) is 22.3 Å². The highest BCUT2D eigenvalue weighted by Crippen LogP contribution is 2.41. The van der Waals surface area contributed by atoms with E-state index in [-0.39, 0.29) is 105 Å². The number of rotatable bonds is 17. The molecular weight excluding hydrogens is 1360 g/mol. The van der Waals surface area contributed by atoms with Gasteiger partial charge in [-0.2, -0.15) is 0 Å². The normalized spacial score (nSPS) is 10.2. The van der Waals surface area contributed by atoms with Gasteiger partial charge in [-0.05, 0) is 152 Å². The number of aromatic hydroxyl groups is 7. The first-order valence-electron chi connectivity index (χ1n) is 30.7. The van der Waals surface area contributed by atoms with Crippen LogP contribution in [0.1, 0.15) is 82.1 Å². The number of aryl methyl sites for hydroxylation is 1. The van der Waals surface area contributed by atoms with Gasteiger partial charge in [-0.1, -0.05) is 91.9 Å². The molecule has 0 aliphatic carbocycles. The fraction of sp³-hybridized carbons (Fsp3) is 0.0633. The van der Waals surface area contributed by atoms with E-state index in [1.165, 1.54) is 147 Å². The minimum atomic E-state index is -1.33. The fourth-order valence-corrected chi connectivity index (χ4v) is 8.95. The summed E-state index contributed by atoms with van der Waals surface area (Å²) in [5.74, 6) is -8.03. The second kappa shape index (κ2) is 36.8. The number of carbonyl (C=O) groups excluding carboxylic acids is 5. The lowest BCUT2D eigenvalue weighted by molar-refractivity contribution is 0.0508. The summed E-state index contributed by atoms with van der Waals surface area (Å²) in [4.78, 5) is 98.1. The van der Waals surface area contributed by atoms with Gasteiger partial charge < -0.3 is 87.6 Å². The highest BCUT2D eigenvalue weighted by Gasteiger charge is 2.26. The quantitative estimate of drug-likeness (QED) is 0.0105. The van der Waals surface area contributed by atoms with E-state index >= 15 is 0 Å². The van der Waals surface area contributed by atoms with Crippen LogP contribution in [-0.2, 0) is 11.3 Å². The van der Waals surface area contributed by atoms with Crippen LogP contribution in [0.15, 0.2) is 249 Å². The molecule has 0 spiro atoms. The molecule has 8 N–H and O–H groups in total. The summed E-state index contributed by atoms with van der Waals surface area (Å²) >= 11 is 0. The van der Waals surface area contributed by atoms with Crippen molar-refractivity contribution in [2.24, 2.45) is 0 Å². The molecule has 0 aliphatic heterocycles. The Morgan fingerprint density at radius 1 is 0.429 bits per heavy atom. The van der Waals surface area contributed by atoms with E-state index in [4.69, 9.17) is 58.3 Å². The summed E-state index contributed by atoms with van der Waals surface area (Å²) in [5.41, 5.74) is -0.427. The molecule has 0 atom stereocenters. The molecule has 0 unspecified atom stereocenters. The monoisotopic (exact) mass is 1430 g/mol. The lowest BCUT2D eigenvalue weighted by atomic mass is 10.1. The van der Waals surface area contributed by atoms with Crippen molar-refractivity contribution in [3.8, 4) is 93.3 Å². The van der Waals surface area contributed by atoms with Crippen molar-refractivity contribution < 1.29 is 118 Å². The van der Waals surface area contributed by atoms with Crippen LogP contribution in [0.2, 0.25) is 0 Å². The van der Waals surface area contributed by atoms with Crippen molar-refractivity contribution in [3.05, 3.63) is 296 Å². The number of terminal acetylenes is 1. The smallest absolute Gasteiger partial charge is 0.351 e. The number of methoxy groups -OCH3 is 1. The van der Waals surface area contributed by atoms with E-state index in [0.29, 0.717) is 28.7 Å². The van der Waals surface area contributed by atoms with E-state index in [0.717, 1.165) is 23.3 Å². The Morgan fingerprint density at radius 2 is 0.857 bits per heavy atom. The Balaban J connectivity index is 0.000000210. The number of fused-ring (bicyclic) bond motifs is 2. The Hall–Kier alpha value is -14.8. The molecule has 0 saturated carbocycles. The Bertz CT molecular complexity index is 5330. The van der Waals surface area contributed by atoms with E-state index in [2.05, 4.69) is 6.42 Å². The predicted molar refractivity (Wildman–Crippen MR) is 378 cm³/mol. The summed E-state index contributed by atoms with van der Waals surface area (Å²) in [5, 5.41) is 76.6. The number of carbonyl (C=O) groups is 6. The number of benzene rings is 10. The van der Waals surface area contributed by atoms with E-state index in [9.17, 15) is 69.0 Å². The zero-order valence-electron chi connectivity index (χ0n) is 55.4. The third-order valence-electron chi connectivity index (χ3n) is 13.8. The maximum absolute atomic E-state index is 13.0. The molecule has 26 heteroatoms. The van der Waals surface area contributed by atoms with Crippen LogP contribution in [0.4, 0.5) is 0 Å². The standard InChI is InChI=1S/C30H18O11.C23H20O7.C13H12O3.C10H6O5.C2H2.CH4/c31-19-6-1-4-17(12-19)27(34)38-23-8-3-9-24(26(23)41-28(35)18-5-2-7-20(32)13-18)39-29(36)22-14-16-10-11-21(33)15-25(16)40-30(22)37;1-15-6-3-7-16(12-15)23(26)30-21-19(24)10-5-11-20(21)29-22(25)17-8-4-9-18(13-17)28-14-27-2;14-11-7-4-8-12(13(11)15)16-9-10-5-2-1-3-6-10;11-6-2-1-5-3-7(9(12)13)10(14)15-8(5)4-6;1-2;/h1-15,31-33H;3-13,24H,14H2,1-2H3;1-8,14-15H,9H2;1-4,11H,(H,12,13);1-2H;1H4/i;;;;1D;. The first kappa shape index (κ1) is 75.9. The van der Waals surface area contributed by atoms with Crippen LogP contribution in [0.25, 0.3) is 21.9 Å². The summed E-state index contributed by atoms with van der Waals surface area (Å²) in [6, 6.07) is 56.5. The lowest BCUT2D eigenvalue weighted by Crippen LogP contribution is -2.20.